The van der Waals surface area contributed by atoms with Crippen molar-refractivity contribution in [3.05, 3.63) is 0 Å². The molecule has 10 heavy (non-hydrogen) atoms. The van der Waals surface area contributed by atoms with E-state index >= 15 is 0 Å². The van der Waals surface area contributed by atoms with E-state index in [1.54, 1.807) is 0 Å². The van der Waals surface area contributed by atoms with Crippen molar-refractivity contribution in [1.29, 1.82) is 0 Å². The Morgan fingerprint density at radius 3 is 0.900 bits per heavy atom. The van der Waals surface area contributed by atoms with E-state index in [1.807, 2.05) is 0 Å². The van der Waals surface area contributed by atoms with Gasteiger partial charge in [-0.15, -0.1) is 69.6 Å². The molecule has 6 heteroatoms. The fourth-order valence-electron chi connectivity index (χ4n) is 0. The van der Waals surface area contributed by atoms with Crippen molar-refractivity contribution in [3.63, 3.8) is 0 Å². The van der Waals surface area contributed by atoms with Crippen molar-refractivity contribution in [2.45, 2.75) is 9.67 Å². The van der Waals surface area contributed by atoms with Crippen LogP contribution in [0.3, 0.4) is 0 Å². The molecule has 0 aromatic carbocycles. The van der Waals surface area contributed by atoms with Crippen molar-refractivity contribution >= 4 is 69.6 Å². The van der Waals surface area contributed by atoms with Crippen LogP contribution in [0.15, 0.2) is 0 Å². The fraction of sp³-hybridized carbons (Fsp3) is 1.00. The van der Waals surface area contributed by atoms with E-state index in [0.29, 0.717) is 11.8 Å². The van der Waals surface area contributed by atoms with Crippen LogP contribution in [-0.4, -0.2) is 21.4 Å². The minimum atomic E-state index is -0.673. The number of rotatable bonds is 2. The summed E-state index contributed by atoms with van der Waals surface area (Å²) in [5.41, 5.74) is 0. The van der Waals surface area contributed by atoms with Gasteiger partial charge in [0.05, 0.1) is 0 Å². The molecular formula is C4H6Cl6. The predicted molar refractivity (Wildman–Crippen MR) is 52.4 cm³/mol. The molecule has 0 spiro atoms. The highest BCUT2D eigenvalue weighted by atomic mass is 35.5. The summed E-state index contributed by atoms with van der Waals surface area (Å²) in [5.74, 6) is 1.11. The van der Waals surface area contributed by atoms with E-state index in [0.717, 1.165) is 0 Å². The lowest BCUT2D eigenvalue weighted by Gasteiger charge is -1.95. The second-order valence-electron chi connectivity index (χ2n) is 1.05. The molecule has 0 aliphatic heterocycles. The first-order chi connectivity index (χ1) is 4.56. The Morgan fingerprint density at radius 2 is 0.900 bits per heavy atom. The Balaban J connectivity index is 0. The molecule has 0 fully saturated rings. The molecule has 0 amide bonds. The first kappa shape index (κ1) is 14.3. The lowest BCUT2D eigenvalue weighted by atomic mass is 10.9. The molecule has 0 aliphatic carbocycles. The van der Waals surface area contributed by atoms with Crippen LogP contribution in [0.2, 0.25) is 0 Å². The molecule has 0 radical (unpaired) electrons. The van der Waals surface area contributed by atoms with Gasteiger partial charge in [-0.2, -0.15) is 0 Å². The monoisotopic (exact) mass is 264 g/mol. The lowest BCUT2D eigenvalue weighted by Crippen LogP contribution is -1.96. The van der Waals surface area contributed by atoms with Crippen LogP contribution in [0.1, 0.15) is 0 Å². The Labute approximate surface area is 90.7 Å². The van der Waals surface area contributed by atoms with Gasteiger partial charge in [0, 0.05) is 11.8 Å². The summed E-state index contributed by atoms with van der Waals surface area (Å²) in [4.78, 5) is -1.35. The fourth-order valence-corrected chi connectivity index (χ4v) is 0. The zero-order chi connectivity index (χ0) is 8.57. The quantitative estimate of drug-likeness (QED) is 0.662. The van der Waals surface area contributed by atoms with Crippen molar-refractivity contribution in [1.82, 2.24) is 0 Å². The average Bonchev–Trinajstić information content (AvgIpc) is 1.89. The topological polar surface area (TPSA) is 0 Å². The minimum absolute atomic E-state index is 0.557. The normalized spacial score (nSPS) is 9.60. The molecule has 0 saturated carbocycles. The molecule has 0 bridgehead atoms. The minimum Gasteiger partial charge on any atom is -0.125 e. The Hall–Kier alpha value is 1.74. The predicted octanol–water partition coefficient (Wildman–Crippen LogP) is 4.06. The smallest absolute Gasteiger partial charge is 0.125 e. The molecule has 0 aromatic rings. The third-order valence-electron chi connectivity index (χ3n) is 0.262. The van der Waals surface area contributed by atoms with Crippen LogP contribution in [0, 0.1) is 0 Å². The number of hydrogen-bond acceptors (Lipinski definition) is 0. The summed E-state index contributed by atoms with van der Waals surface area (Å²) < 4.78 is 0. The summed E-state index contributed by atoms with van der Waals surface area (Å²) >= 11 is 30.6. The van der Waals surface area contributed by atoms with Crippen molar-refractivity contribution < 1.29 is 0 Å². The van der Waals surface area contributed by atoms with Crippen LogP contribution in [-0.2, 0) is 0 Å². The average molecular weight is 267 g/mol. The molecular weight excluding hydrogens is 261 g/mol. The van der Waals surface area contributed by atoms with Crippen LogP contribution in [0.4, 0.5) is 0 Å². The summed E-state index contributed by atoms with van der Waals surface area (Å²) in [6.07, 6.45) is 0. The molecule has 0 saturated heterocycles. The van der Waals surface area contributed by atoms with Gasteiger partial charge in [-0.25, -0.2) is 0 Å². The Bertz CT molecular complexity index is 45.7. The summed E-state index contributed by atoms with van der Waals surface area (Å²) in [6.45, 7) is 0. The number of hydrogen-bond donors (Lipinski definition) is 0. The van der Waals surface area contributed by atoms with Gasteiger partial charge in [0.15, 0.2) is 0 Å². The van der Waals surface area contributed by atoms with Crippen molar-refractivity contribution in [2.24, 2.45) is 0 Å². The highest BCUT2D eigenvalue weighted by Crippen LogP contribution is 2.16. The van der Waals surface area contributed by atoms with E-state index < -0.39 is 9.67 Å². The van der Waals surface area contributed by atoms with Gasteiger partial charge in [0.1, 0.15) is 9.67 Å². The highest BCUT2D eigenvalue weighted by Gasteiger charge is 2.06. The van der Waals surface area contributed by atoms with Gasteiger partial charge in [-0.1, -0.05) is 0 Å². The third-order valence-corrected chi connectivity index (χ3v) is 2.36. The Morgan fingerprint density at radius 1 is 0.700 bits per heavy atom. The van der Waals surface area contributed by atoms with Crippen LogP contribution in [0.25, 0.3) is 0 Å². The number of halogens is 6. The molecule has 0 rings (SSSR count). The standard InChI is InChI=1S/C2H2Cl4.C2H4Cl2/c3-1(4)2(5)6;3-1-2-4/h1-2H;1-2H2. The highest BCUT2D eigenvalue weighted by molar-refractivity contribution is 6.56. The summed E-state index contributed by atoms with van der Waals surface area (Å²) in [5, 5.41) is 0. The van der Waals surface area contributed by atoms with E-state index in [1.165, 1.54) is 0 Å². The van der Waals surface area contributed by atoms with E-state index in [-0.39, 0.29) is 0 Å². The largest absolute Gasteiger partial charge is 0.137 e. The first-order valence-electron chi connectivity index (χ1n) is 2.24. The second kappa shape index (κ2) is 10.7. The van der Waals surface area contributed by atoms with Gasteiger partial charge in [-0.05, 0) is 0 Å². The zero-order valence-corrected chi connectivity index (χ0v) is 9.37. The van der Waals surface area contributed by atoms with E-state index in [9.17, 15) is 0 Å². The maximum Gasteiger partial charge on any atom is 0.137 e. The maximum atomic E-state index is 5.11. The summed E-state index contributed by atoms with van der Waals surface area (Å²) in [6, 6.07) is 0. The summed E-state index contributed by atoms with van der Waals surface area (Å²) in [7, 11) is 0. The molecule has 0 aliphatic rings. The first-order valence-corrected chi connectivity index (χ1v) is 5.06. The maximum absolute atomic E-state index is 5.11. The molecule has 0 unspecified atom stereocenters. The van der Waals surface area contributed by atoms with E-state index in [2.05, 4.69) is 0 Å². The van der Waals surface area contributed by atoms with Crippen LogP contribution >= 0.6 is 69.6 Å². The van der Waals surface area contributed by atoms with Gasteiger partial charge in [-0.3, -0.25) is 0 Å². The molecule has 0 atom stereocenters. The molecule has 0 nitrogen and oxygen atoms in total. The van der Waals surface area contributed by atoms with E-state index in [4.69, 9.17) is 69.6 Å². The SMILES string of the molecule is ClC(Cl)C(Cl)Cl.ClCCCl. The van der Waals surface area contributed by atoms with Crippen molar-refractivity contribution in [2.75, 3.05) is 11.8 Å². The van der Waals surface area contributed by atoms with Crippen LogP contribution < -0.4 is 0 Å². The van der Waals surface area contributed by atoms with Crippen LogP contribution in [0.5, 0.6) is 0 Å². The van der Waals surface area contributed by atoms with Gasteiger partial charge < -0.3 is 0 Å². The molecule has 0 N–H and O–H groups in total. The zero-order valence-electron chi connectivity index (χ0n) is 4.84. The third kappa shape index (κ3) is 16.4. The Kier molecular flexibility index (Phi) is 15.3. The van der Waals surface area contributed by atoms with Gasteiger partial charge in [0.25, 0.3) is 0 Å². The van der Waals surface area contributed by atoms with Gasteiger partial charge in [0.2, 0.25) is 0 Å². The molecule has 0 heterocycles. The lowest BCUT2D eigenvalue weighted by molar-refractivity contribution is 1.29. The number of alkyl halides is 6. The van der Waals surface area contributed by atoms with Gasteiger partial charge >= 0.3 is 0 Å². The molecule has 0 aromatic heterocycles. The molecule has 64 valence electrons. The second-order valence-corrected chi connectivity index (χ2v) is 4.13. The van der Waals surface area contributed by atoms with Crippen molar-refractivity contribution in [3.8, 4) is 0 Å².